The predicted molar refractivity (Wildman–Crippen MR) is 252 cm³/mol. The van der Waals surface area contributed by atoms with Crippen LogP contribution in [-0.4, -0.2) is 138 Å². The molecule has 2 N–H and O–H groups in total. The summed E-state index contributed by atoms with van der Waals surface area (Å²) in [4.78, 5) is 79.7. The summed E-state index contributed by atoms with van der Waals surface area (Å²) in [5.74, 6) is -2.57. The third-order valence-electron chi connectivity index (χ3n) is 13.8. The highest BCUT2D eigenvalue weighted by atomic mass is 16.5. The Kier molecular flexibility index (Phi) is 15.2. The van der Waals surface area contributed by atoms with Crippen molar-refractivity contribution in [2.75, 3.05) is 65.0 Å². The van der Waals surface area contributed by atoms with Crippen LogP contribution in [0.4, 0.5) is 5.69 Å². The van der Waals surface area contributed by atoms with Gasteiger partial charge in [-0.15, -0.1) is 0 Å². The number of pyridine rings is 1. The summed E-state index contributed by atoms with van der Waals surface area (Å²) >= 11 is 0. The molecule has 6 heterocycles. The molecule has 66 heavy (non-hydrogen) atoms. The maximum absolute atomic E-state index is 14.8. The molecule has 6 atom stereocenters. The number of anilines is 1. The van der Waals surface area contributed by atoms with Gasteiger partial charge in [-0.05, 0) is 93.8 Å². The predicted octanol–water partition coefficient (Wildman–Crippen LogP) is 5.04. The number of nitrogens with one attached hydrogen (secondary N) is 2. The van der Waals surface area contributed by atoms with Crippen molar-refractivity contribution in [1.82, 2.24) is 35.1 Å². The molecule has 4 aliphatic rings. The number of fused-ring (bicyclic) bond motifs is 6. The molecule has 358 valence electrons. The van der Waals surface area contributed by atoms with Crippen molar-refractivity contribution in [3.05, 3.63) is 60.4 Å². The van der Waals surface area contributed by atoms with Crippen LogP contribution < -0.4 is 15.6 Å². The molecule has 3 aromatic rings. The Morgan fingerprint density at radius 3 is 2.61 bits per heavy atom. The number of benzene rings is 1. The number of methoxy groups -OCH3 is 1. The molecule has 2 aromatic heterocycles. The van der Waals surface area contributed by atoms with E-state index in [4.69, 9.17) is 19.2 Å². The van der Waals surface area contributed by atoms with Crippen LogP contribution in [0.3, 0.4) is 0 Å². The SMILES string of the molecule is C=CC(=O)N1CC[C@H](C(=O)N(C)[C@H](C(=O)N[C@H]2C[C@H]3CN(CCCO3)c3ccc4c(c3)c(c(-c3cccnc3[C@H](C)OC)n4CC)CC(C)(C)COC(=O)[C@@H]3CCCN(N3)C2=O)C(C)C)C1. The standard InChI is InChI=1S/C50H70N8O8/c1-10-42(59)56-23-19-33(28-56)47(61)54(8)44(31(3)4)46(60)52-40-26-35-29-55(21-14-24-65-35)34-17-18-41-37(25-34)38(45(57(41)11-2)36-15-12-20-51-43(36)32(5)64-9)27-50(6,7)30-66-49(63)39-16-13-22-58(53-39)48(40)62/h10,12,15,17-18,20,25,31-33,35,39-40,44,53H,1,11,13-14,16,19,21-24,26-30H2,2-9H3,(H,52,60)/t32-,33-,35-,39-,40-,44-/m0/s1. The van der Waals surface area contributed by atoms with Crippen LogP contribution in [0, 0.1) is 17.3 Å². The van der Waals surface area contributed by atoms with Crippen LogP contribution in [0.5, 0.6) is 0 Å². The molecule has 0 radical (unpaired) electrons. The average molecular weight is 911 g/mol. The second-order valence-electron chi connectivity index (χ2n) is 19.6. The van der Waals surface area contributed by atoms with Gasteiger partial charge in [-0.2, -0.15) is 0 Å². The molecule has 3 fully saturated rings. The number of likely N-dealkylation sites (tertiary alicyclic amines) is 1. The van der Waals surface area contributed by atoms with E-state index in [1.54, 1.807) is 25.3 Å². The van der Waals surface area contributed by atoms with E-state index in [2.05, 4.69) is 71.8 Å². The summed E-state index contributed by atoms with van der Waals surface area (Å²) in [5, 5.41) is 5.61. The lowest BCUT2D eigenvalue weighted by Crippen LogP contribution is -2.62. The molecule has 4 aliphatic heterocycles. The number of hydrazine groups is 1. The Bertz CT molecular complexity index is 2290. The van der Waals surface area contributed by atoms with Gasteiger partial charge in [0, 0.05) is 100 Å². The molecule has 1 aromatic carbocycles. The minimum Gasteiger partial charge on any atom is -0.464 e. The summed E-state index contributed by atoms with van der Waals surface area (Å²) < 4.78 is 20.8. The summed E-state index contributed by atoms with van der Waals surface area (Å²) in [6.07, 6.45) is 5.32. The third kappa shape index (κ3) is 10.3. The number of carbonyl (C=O) groups is 5. The van der Waals surface area contributed by atoms with Gasteiger partial charge < -0.3 is 38.8 Å². The number of esters is 1. The van der Waals surface area contributed by atoms with E-state index in [9.17, 15) is 24.0 Å². The Hall–Kier alpha value is -5.32. The van der Waals surface area contributed by atoms with E-state index in [0.717, 1.165) is 52.1 Å². The van der Waals surface area contributed by atoms with Crippen LogP contribution >= 0.6 is 0 Å². The summed E-state index contributed by atoms with van der Waals surface area (Å²) in [5.41, 5.74) is 8.77. The average Bonchev–Trinajstić information content (AvgIpc) is 3.84. The Labute approximate surface area is 389 Å². The van der Waals surface area contributed by atoms with Gasteiger partial charge in [-0.3, -0.25) is 34.0 Å². The highest BCUT2D eigenvalue weighted by Gasteiger charge is 2.41. The number of likely N-dealkylation sites (N-methyl/N-ethyl adjacent to an activating group) is 1. The molecular weight excluding hydrogens is 841 g/mol. The zero-order valence-corrected chi connectivity index (χ0v) is 40.1. The summed E-state index contributed by atoms with van der Waals surface area (Å²) in [6.45, 7) is 19.2. The minimum absolute atomic E-state index is 0.139. The number of cyclic esters (lactones) is 1. The zero-order chi connectivity index (χ0) is 47.4. The fourth-order valence-corrected chi connectivity index (χ4v) is 10.3. The number of hydrogen-bond donors (Lipinski definition) is 2. The van der Waals surface area contributed by atoms with Gasteiger partial charge >= 0.3 is 5.97 Å². The van der Waals surface area contributed by atoms with Crippen LogP contribution in [0.1, 0.15) is 91.0 Å². The first-order valence-electron chi connectivity index (χ1n) is 23.8. The lowest BCUT2D eigenvalue weighted by Gasteiger charge is -2.38. The fraction of sp³-hybridized carbons (Fsp3) is 0.600. The molecule has 0 unspecified atom stereocenters. The van der Waals surface area contributed by atoms with Gasteiger partial charge in [0.1, 0.15) is 18.1 Å². The van der Waals surface area contributed by atoms with Gasteiger partial charge in [0.25, 0.3) is 5.91 Å². The van der Waals surface area contributed by atoms with Gasteiger partial charge in [0.15, 0.2) is 0 Å². The maximum Gasteiger partial charge on any atom is 0.324 e. The normalized spacial score (nSPS) is 23.7. The van der Waals surface area contributed by atoms with Crippen LogP contribution in [-0.2, 0) is 51.1 Å². The van der Waals surface area contributed by atoms with Crippen LogP contribution in [0.2, 0.25) is 0 Å². The number of rotatable bonds is 10. The number of hydrogen-bond acceptors (Lipinski definition) is 11. The van der Waals surface area contributed by atoms with Gasteiger partial charge in [-0.25, -0.2) is 5.43 Å². The number of nitrogens with zero attached hydrogens (tertiary/aromatic N) is 6. The van der Waals surface area contributed by atoms with Crippen molar-refractivity contribution in [2.24, 2.45) is 17.3 Å². The molecule has 0 aliphatic carbocycles. The number of aryl methyl sites for hydroxylation is 1. The largest absolute Gasteiger partial charge is 0.464 e. The van der Waals surface area contributed by atoms with Crippen molar-refractivity contribution in [1.29, 1.82) is 0 Å². The van der Waals surface area contributed by atoms with E-state index < -0.39 is 53.3 Å². The zero-order valence-electron chi connectivity index (χ0n) is 40.1. The van der Waals surface area contributed by atoms with E-state index in [1.165, 1.54) is 16.0 Å². The second kappa shape index (κ2) is 20.7. The summed E-state index contributed by atoms with van der Waals surface area (Å²) in [6, 6.07) is 7.91. The monoisotopic (exact) mass is 911 g/mol. The van der Waals surface area contributed by atoms with Gasteiger partial charge in [0.05, 0.1) is 36.1 Å². The van der Waals surface area contributed by atoms with Crippen molar-refractivity contribution >= 4 is 46.2 Å². The molecule has 3 saturated heterocycles. The first-order valence-corrected chi connectivity index (χ1v) is 23.8. The molecular formula is C50H70N8O8. The van der Waals surface area contributed by atoms with Gasteiger partial charge in [-0.1, -0.05) is 34.3 Å². The lowest BCUT2D eigenvalue weighted by atomic mass is 9.84. The first kappa shape index (κ1) is 48.6. The summed E-state index contributed by atoms with van der Waals surface area (Å²) in [7, 11) is 3.31. The maximum atomic E-state index is 14.8. The lowest BCUT2D eigenvalue weighted by molar-refractivity contribution is -0.156. The Morgan fingerprint density at radius 2 is 1.88 bits per heavy atom. The minimum atomic E-state index is -1.06. The van der Waals surface area contributed by atoms with Crippen molar-refractivity contribution < 1.29 is 38.2 Å². The smallest absolute Gasteiger partial charge is 0.324 e. The van der Waals surface area contributed by atoms with Crippen molar-refractivity contribution in [2.45, 2.75) is 117 Å². The van der Waals surface area contributed by atoms with Crippen molar-refractivity contribution in [3.8, 4) is 11.3 Å². The molecule has 4 amide bonds. The van der Waals surface area contributed by atoms with Gasteiger partial charge in [0.2, 0.25) is 17.7 Å². The highest BCUT2D eigenvalue weighted by molar-refractivity contribution is 5.95. The van der Waals surface area contributed by atoms with E-state index in [-0.39, 0.29) is 43.4 Å². The first-order chi connectivity index (χ1) is 31.5. The molecule has 0 spiro atoms. The number of ether oxygens (including phenoxy) is 3. The quantitative estimate of drug-likeness (QED) is 0.207. The number of aromatic nitrogens is 2. The highest BCUT2D eigenvalue weighted by Crippen LogP contribution is 2.42. The van der Waals surface area contributed by atoms with Crippen molar-refractivity contribution in [3.63, 3.8) is 0 Å². The van der Waals surface area contributed by atoms with E-state index >= 15 is 0 Å². The Morgan fingerprint density at radius 1 is 1.09 bits per heavy atom. The molecule has 16 heteroatoms. The molecule has 6 bridgehead atoms. The Balaban J connectivity index is 1.26. The number of carbonyl (C=O) groups excluding carboxylic acids is 5. The van der Waals surface area contributed by atoms with E-state index in [0.29, 0.717) is 58.5 Å². The topological polar surface area (TPSA) is 168 Å². The van der Waals surface area contributed by atoms with Crippen LogP contribution in [0.15, 0.2) is 49.2 Å². The van der Waals surface area contributed by atoms with Crippen LogP contribution in [0.25, 0.3) is 22.2 Å². The molecule has 7 rings (SSSR count). The third-order valence-corrected chi connectivity index (χ3v) is 13.8. The fourth-order valence-electron chi connectivity index (χ4n) is 10.3. The second-order valence-corrected chi connectivity index (χ2v) is 19.6. The number of amides is 4. The molecule has 16 nitrogen and oxygen atoms in total. The van der Waals surface area contributed by atoms with E-state index in [1.807, 2.05) is 26.8 Å². The molecule has 0 saturated carbocycles.